The van der Waals surface area contributed by atoms with Crippen molar-refractivity contribution >= 4 is 22.0 Å². The van der Waals surface area contributed by atoms with Crippen molar-refractivity contribution < 1.29 is 14.3 Å². The van der Waals surface area contributed by atoms with Gasteiger partial charge in [-0.15, -0.1) is 0 Å². The van der Waals surface area contributed by atoms with Crippen LogP contribution in [0.15, 0.2) is 0 Å². The number of hydrogen-bond acceptors (Lipinski definition) is 3. The third-order valence-electron chi connectivity index (χ3n) is 4.12. The van der Waals surface area contributed by atoms with Crippen molar-refractivity contribution in [2.75, 3.05) is 18.5 Å². The van der Waals surface area contributed by atoms with Crippen LogP contribution in [-0.4, -0.2) is 46.7 Å². The van der Waals surface area contributed by atoms with Crippen molar-refractivity contribution in [3.63, 3.8) is 0 Å². The number of ether oxygens (including phenoxy) is 2. The molecule has 1 atom stereocenters. The molecule has 20 heavy (non-hydrogen) atoms. The molecule has 0 bridgehead atoms. The molecule has 1 unspecified atom stereocenters. The average molecular weight is 348 g/mol. The minimum atomic E-state index is -0.449. The van der Waals surface area contributed by atoms with Crippen molar-refractivity contribution in [3.05, 3.63) is 0 Å². The first-order chi connectivity index (χ1) is 9.36. The maximum absolute atomic E-state index is 12.6. The number of hydrogen-bond donors (Lipinski definition) is 0. The van der Waals surface area contributed by atoms with E-state index in [1.807, 2.05) is 25.7 Å². The minimum absolute atomic E-state index is 0.0649. The van der Waals surface area contributed by atoms with E-state index in [2.05, 4.69) is 15.9 Å². The summed E-state index contributed by atoms with van der Waals surface area (Å²) in [5, 5.41) is 0.752. The van der Waals surface area contributed by atoms with Gasteiger partial charge in [0.1, 0.15) is 5.60 Å². The largest absolute Gasteiger partial charge is 0.444 e. The summed E-state index contributed by atoms with van der Waals surface area (Å²) in [6, 6.07) is 0. The van der Waals surface area contributed by atoms with Gasteiger partial charge in [0.2, 0.25) is 0 Å². The predicted octanol–water partition coefficient (Wildman–Crippen LogP) is 3.72. The number of halogens is 1. The summed E-state index contributed by atoms with van der Waals surface area (Å²) in [4.78, 5) is 14.5. The lowest BCUT2D eigenvalue weighted by molar-refractivity contribution is -0.115. The summed E-state index contributed by atoms with van der Waals surface area (Å²) in [5.74, 6) is 0. The molecule has 1 saturated carbocycles. The van der Waals surface area contributed by atoms with E-state index >= 15 is 0 Å². The van der Waals surface area contributed by atoms with E-state index in [0.717, 1.165) is 18.2 Å². The SMILES string of the molecule is CC(C)(C)OC(=O)N1CC(CBr)OCC12CCCCC2. The maximum atomic E-state index is 12.6. The van der Waals surface area contributed by atoms with Crippen LogP contribution < -0.4 is 0 Å². The van der Waals surface area contributed by atoms with Crippen molar-refractivity contribution in [2.45, 2.75) is 70.1 Å². The molecule has 1 saturated heterocycles. The highest BCUT2D eigenvalue weighted by atomic mass is 79.9. The van der Waals surface area contributed by atoms with Crippen LogP contribution in [0.25, 0.3) is 0 Å². The summed E-state index contributed by atoms with van der Waals surface area (Å²) < 4.78 is 11.5. The van der Waals surface area contributed by atoms with Crippen LogP contribution in [-0.2, 0) is 9.47 Å². The third kappa shape index (κ3) is 3.67. The Bertz CT molecular complexity index is 348. The molecule has 0 aromatic carbocycles. The first-order valence-corrected chi connectivity index (χ1v) is 8.67. The van der Waals surface area contributed by atoms with Gasteiger partial charge in [0.25, 0.3) is 0 Å². The Labute approximate surface area is 130 Å². The lowest BCUT2D eigenvalue weighted by atomic mass is 9.80. The van der Waals surface area contributed by atoms with Gasteiger partial charge in [-0.05, 0) is 33.6 Å². The molecular weight excluding hydrogens is 322 g/mol. The molecule has 5 heteroatoms. The fraction of sp³-hybridized carbons (Fsp3) is 0.933. The van der Waals surface area contributed by atoms with Crippen LogP contribution in [0.4, 0.5) is 4.79 Å². The lowest BCUT2D eigenvalue weighted by Crippen LogP contribution is -2.63. The van der Waals surface area contributed by atoms with Gasteiger partial charge >= 0.3 is 6.09 Å². The molecule has 0 N–H and O–H groups in total. The summed E-state index contributed by atoms with van der Waals surface area (Å²) >= 11 is 3.46. The quantitative estimate of drug-likeness (QED) is 0.678. The van der Waals surface area contributed by atoms with E-state index in [0.29, 0.717) is 13.2 Å². The summed E-state index contributed by atoms with van der Waals surface area (Å²) in [5.41, 5.74) is -0.589. The van der Waals surface area contributed by atoms with Crippen LogP contribution in [0, 0.1) is 0 Å². The van der Waals surface area contributed by atoms with Crippen molar-refractivity contribution in [1.82, 2.24) is 4.90 Å². The Morgan fingerprint density at radius 3 is 2.55 bits per heavy atom. The summed E-state index contributed by atoms with van der Waals surface area (Å²) in [6.45, 7) is 7.02. The van der Waals surface area contributed by atoms with E-state index in [1.54, 1.807) is 0 Å². The molecule has 2 fully saturated rings. The summed E-state index contributed by atoms with van der Waals surface area (Å²) in [6.07, 6.45) is 5.53. The first-order valence-electron chi connectivity index (χ1n) is 7.54. The lowest BCUT2D eigenvalue weighted by Gasteiger charge is -2.50. The number of rotatable bonds is 1. The molecule has 1 spiro atoms. The molecule has 2 aliphatic rings. The highest BCUT2D eigenvalue weighted by Gasteiger charge is 2.46. The minimum Gasteiger partial charge on any atom is -0.444 e. The Morgan fingerprint density at radius 2 is 2.00 bits per heavy atom. The van der Waals surface area contributed by atoms with Gasteiger partial charge in [-0.1, -0.05) is 35.2 Å². The van der Waals surface area contributed by atoms with Gasteiger partial charge in [0, 0.05) is 5.33 Å². The van der Waals surface area contributed by atoms with Crippen LogP contribution in [0.2, 0.25) is 0 Å². The monoisotopic (exact) mass is 347 g/mol. The number of alkyl halides is 1. The van der Waals surface area contributed by atoms with Crippen molar-refractivity contribution in [1.29, 1.82) is 0 Å². The van der Waals surface area contributed by atoms with Gasteiger partial charge in [0.05, 0.1) is 24.8 Å². The van der Waals surface area contributed by atoms with Crippen molar-refractivity contribution in [2.24, 2.45) is 0 Å². The van der Waals surface area contributed by atoms with E-state index in [4.69, 9.17) is 9.47 Å². The zero-order chi connectivity index (χ0) is 14.8. The highest BCUT2D eigenvalue weighted by Crippen LogP contribution is 2.38. The molecule has 116 valence electrons. The molecule has 0 aromatic heterocycles. The number of morpholine rings is 1. The Kier molecular flexibility index (Phi) is 5.00. The Hall–Kier alpha value is -0.290. The van der Waals surface area contributed by atoms with Gasteiger partial charge in [-0.25, -0.2) is 4.79 Å². The first kappa shape index (κ1) is 16.1. The van der Waals surface area contributed by atoms with Crippen LogP contribution in [0.1, 0.15) is 52.9 Å². The second-order valence-electron chi connectivity index (χ2n) is 6.96. The third-order valence-corrected chi connectivity index (χ3v) is 4.84. The highest BCUT2D eigenvalue weighted by molar-refractivity contribution is 9.09. The molecule has 1 aliphatic heterocycles. The average Bonchev–Trinajstić information content (AvgIpc) is 2.38. The fourth-order valence-corrected chi connectivity index (χ4v) is 3.50. The number of amides is 1. The van der Waals surface area contributed by atoms with E-state index in [-0.39, 0.29) is 17.7 Å². The molecule has 0 aromatic rings. The van der Waals surface area contributed by atoms with E-state index in [1.165, 1.54) is 19.3 Å². The standard InChI is InChI=1S/C15H26BrNO3/c1-14(2,3)20-13(18)17-10-12(9-16)19-11-15(17)7-5-4-6-8-15/h12H,4-11H2,1-3H3. The molecule has 1 aliphatic carbocycles. The Morgan fingerprint density at radius 1 is 1.35 bits per heavy atom. The van der Waals surface area contributed by atoms with Gasteiger partial charge in [-0.2, -0.15) is 0 Å². The van der Waals surface area contributed by atoms with Crippen molar-refractivity contribution in [3.8, 4) is 0 Å². The molecule has 2 rings (SSSR count). The molecule has 4 nitrogen and oxygen atoms in total. The van der Waals surface area contributed by atoms with E-state index < -0.39 is 5.60 Å². The Balaban J connectivity index is 2.15. The van der Waals surface area contributed by atoms with Crippen LogP contribution in [0.3, 0.4) is 0 Å². The zero-order valence-electron chi connectivity index (χ0n) is 12.8. The fourth-order valence-electron chi connectivity index (χ4n) is 3.10. The van der Waals surface area contributed by atoms with Gasteiger partial charge in [-0.3, -0.25) is 4.90 Å². The number of carbonyl (C=O) groups excluding carboxylic acids is 1. The molecule has 1 amide bonds. The smallest absolute Gasteiger partial charge is 0.410 e. The maximum Gasteiger partial charge on any atom is 0.410 e. The number of carbonyl (C=O) groups is 1. The summed E-state index contributed by atoms with van der Waals surface area (Å²) in [7, 11) is 0. The van der Waals surface area contributed by atoms with Gasteiger partial charge in [0.15, 0.2) is 0 Å². The number of nitrogens with zero attached hydrogens (tertiary/aromatic N) is 1. The predicted molar refractivity (Wildman–Crippen MR) is 82.3 cm³/mol. The second kappa shape index (κ2) is 6.22. The molecular formula is C15H26BrNO3. The molecule has 0 radical (unpaired) electrons. The van der Waals surface area contributed by atoms with Gasteiger partial charge < -0.3 is 9.47 Å². The van der Waals surface area contributed by atoms with E-state index in [9.17, 15) is 4.79 Å². The zero-order valence-corrected chi connectivity index (χ0v) is 14.4. The molecule has 1 heterocycles. The second-order valence-corrected chi connectivity index (χ2v) is 7.61. The normalized spacial score (nSPS) is 26.6. The van der Waals surface area contributed by atoms with Crippen LogP contribution >= 0.6 is 15.9 Å². The topological polar surface area (TPSA) is 38.8 Å². The van der Waals surface area contributed by atoms with Crippen LogP contribution in [0.5, 0.6) is 0 Å².